The zero-order valence-electron chi connectivity index (χ0n) is 24.2. The molecule has 4 aliphatic rings. The van der Waals surface area contributed by atoms with Gasteiger partial charge in [-0.1, -0.05) is 12.1 Å². The minimum absolute atomic E-state index is 0.0428. The van der Waals surface area contributed by atoms with Crippen LogP contribution in [-0.2, 0) is 12.8 Å². The third-order valence-electron chi connectivity index (χ3n) is 9.98. The number of nitrogens with one attached hydrogen (secondary N) is 2. The van der Waals surface area contributed by atoms with E-state index in [1.165, 1.54) is 43.3 Å². The Morgan fingerprint density at radius 3 is 2.55 bits per heavy atom. The molecule has 0 aromatic heterocycles. The summed E-state index contributed by atoms with van der Waals surface area (Å²) in [7, 11) is 3.20. The van der Waals surface area contributed by atoms with Crippen molar-refractivity contribution in [3.05, 3.63) is 77.1 Å². The van der Waals surface area contributed by atoms with Crippen molar-refractivity contribution in [1.29, 1.82) is 0 Å². The summed E-state index contributed by atoms with van der Waals surface area (Å²) in [5.74, 6) is 2.27. The van der Waals surface area contributed by atoms with Crippen LogP contribution in [0.15, 0.2) is 54.9 Å². The minimum atomic E-state index is -0.789. The summed E-state index contributed by atoms with van der Waals surface area (Å²) in [6.45, 7) is 0.896. The highest BCUT2D eigenvalue weighted by atomic mass is 16.5. The highest BCUT2D eigenvalue weighted by Gasteiger charge is 2.48. The van der Waals surface area contributed by atoms with Crippen LogP contribution >= 0.6 is 0 Å². The van der Waals surface area contributed by atoms with E-state index in [2.05, 4.69) is 17.7 Å². The van der Waals surface area contributed by atoms with Crippen LogP contribution in [0.25, 0.3) is 11.1 Å². The van der Waals surface area contributed by atoms with E-state index in [1.807, 2.05) is 18.2 Å². The van der Waals surface area contributed by atoms with Crippen molar-refractivity contribution in [2.24, 2.45) is 0 Å². The van der Waals surface area contributed by atoms with Crippen LogP contribution in [-0.4, -0.2) is 47.9 Å². The molecule has 2 aliphatic heterocycles. The summed E-state index contributed by atoms with van der Waals surface area (Å²) in [6, 6.07) is 12.6. The molecular weight excluding hydrogens is 532 g/mol. The number of quaternary nitrogens is 1. The lowest BCUT2D eigenvalue weighted by Crippen LogP contribution is -3.16. The summed E-state index contributed by atoms with van der Waals surface area (Å²) in [6.07, 6.45) is 9.97. The van der Waals surface area contributed by atoms with E-state index in [-0.39, 0.29) is 23.0 Å². The van der Waals surface area contributed by atoms with Gasteiger partial charge in [-0.3, -0.25) is 4.90 Å². The van der Waals surface area contributed by atoms with Crippen LogP contribution in [0.5, 0.6) is 28.7 Å². The Morgan fingerprint density at radius 2 is 1.81 bits per heavy atom. The SMILES string of the molecule is COc1cc([C@H]2Oc3cc(OC)c4c(c3C[C@H]2O)[C@H](CC2([NH+]3C=CNC3)CCCC2)Cc2cc(O)ccc2-4)ccc1O. The van der Waals surface area contributed by atoms with E-state index in [0.717, 1.165) is 58.8 Å². The standard InChI is InChI=1S/C34H38N2O6/c1-40-29-15-20(5-8-26(29)38)33-27(39)16-25-28(42-33)17-30(41-2)32-24-7-6-23(37)14-21(24)13-22(31(25)32)18-34(9-3-4-10-34)36-12-11-35-19-36/h5-8,11-12,14-15,17,22,27,33,35,37-39H,3-4,9-10,13,16,18-19H2,1-2H3/p+1/t22-,27+,33+/m0/s1. The second kappa shape index (κ2) is 10.4. The summed E-state index contributed by atoms with van der Waals surface area (Å²) >= 11 is 0. The van der Waals surface area contributed by atoms with E-state index in [9.17, 15) is 15.3 Å². The van der Waals surface area contributed by atoms with Crippen molar-refractivity contribution in [3.63, 3.8) is 0 Å². The van der Waals surface area contributed by atoms with Gasteiger partial charge in [0.05, 0.1) is 26.5 Å². The summed E-state index contributed by atoms with van der Waals surface area (Å²) < 4.78 is 18.0. The lowest BCUT2D eigenvalue weighted by atomic mass is 9.69. The second-order valence-electron chi connectivity index (χ2n) is 12.3. The number of aliphatic hydroxyl groups excluding tert-OH is 1. The first-order valence-corrected chi connectivity index (χ1v) is 14.9. The molecule has 42 heavy (non-hydrogen) atoms. The molecule has 3 aromatic rings. The van der Waals surface area contributed by atoms with E-state index in [1.54, 1.807) is 31.4 Å². The molecule has 2 heterocycles. The van der Waals surface area contributed by atoms with Gasteiger partial charge in [0.25, 0.3) is 0 Å². The van der Waals surface area contributed by atoms with Crippen molar-refractivity contribution < 1.29 is 34.4 Å². The molecule has 8 nitrogen and oxygen atoms in total. The molecule has 0 saturated heterocycles. The van der Waals surface area contributed by atoms with Gasteiger partial charge in [-0.15, -0.1) is 0 Å². The first-order valence-electron chi connectivity index (χ1n) is 14.9. The van der Waals surface area contributed by atoms with Gasteiger partial charge in [0.2, 0.25) is 0 Å². The maximum Gasteiger partial charge on any atom is 0.160 e. The first kappa shape index (κ1) is 27.0. The fraction of sp³-hybridized carbons (Fsp3) is 0.412. The number of phenolic OH excluding ortho intramolecular Hbond substituents is 2. The van der Waals surface area contributed by atoms with Gasteiger partial charge in [-0.05, 0) is 71.7 Å². The molecule has 1 unspecified atom stereocenters. The number of aliphatic hydroxyl groups is 1. The smallest absolute Gasteiger partial charge is 0.160 e. The van der Waals surface area contributed by atoms with Gasteiger partial charge in [0.1, 0.15) is 35.1 Å². The Labute approximate surface area is 246 Å². The molecule has 2 aliphatic carbocycles. The quantitative estimate of drug-likeness (QED) is 0.304. The van der Waals surface area contributed by atoms with Crippen LogP contribution in [0, 0.1) is 0 Å². The molecule has 3 aromatic carbocycles. The second-order valence-corrected chi connectivity index (χ2v) is 12.3. The van der Waals surface area contributed by atoms with Crippen molar-refractivity contribution in [3.8, 4) is 39.9 Å². The molecule has 5 N–H and O–H groups in total. The Balaban J connectivity index is 1.36. The highest BCUT2D eigenvalue weighted by molar-refractivity contribution is 5.83. The summed E-state index contributed by atoms with van der Waals surface area (Å²) in [5.41, 5.74) is 6.31. The van der Waals surface area contributed by atoms with Crippen LogP contribution in [0.2, 0.25) is 0 Å². The molecule has 4 atom stereocenters. The zero-order valence-corrected chi connectivity index (χ0v) is 24.2. The maximum atomic E-state index is 11.5. The molecule has 1 fully saturated rings. The van der Waals surface area contributed by atoms with Crippen molar-refractivity contribution in [2.75, 3.05) is 20.9 Å². The number of methoxy groups -OCH3 is 2. The number of rotatable bonds is 6. The van der Waals surface area contributed by atoms with E-state index < -0.39 is 12.2 Å². The lowest BCUT2D eigenvalue weighted by Gasteiger charge is -2.41. The summed E-state index contributed by atoms with van der Waals surface area (Å²) in [4.78, 5) is 1.48. The molecule has 8 heteroatoms. The fourth-order valence-corrected chi connectivity index (χ4v) is 8.06. The number of aromatic hydroxyl groups is 2. The van der Waals surface area contributed by atoms with Crippen LogP contribution in [0.1, 0.15) is 66.4 Å². The van der Waals surface area contributed by atoms with Gasteiger partial charge in [-0.25, -0.2) is 0 Å². The molecule has 1 saturated carbocycles. The molecule has 0 bridgehead atoms. The van der Waals surface area contributed by atoms with Gasteiger partial charge < -0.3 is 34.8 Å². The predicted octanol–water partition coefficient (Wildman–Crippen LogP) is 4.08. The average Bonchev–Trinajstić information content (AvgIpc) is 3.70. The number of fused-ring (bicyclic) bond motifs is 5. The topological polar surface area (TPSA) is 105 Å². The third-order valence-corrected chi connectivity index (χ3v) is 9.98. The number of hydrogen-bond donors (Lipinski definition) is 5. The third kappa shape index (κ3) is 4.36. The molecule has 0 spiro atoms. The number of benzene rings is 3. The summed E-state index contributed by atoms with van der Waals surface area (Å²) in [5, 5.41) is 35.5. The fourth-order valence-electron chi connectivity index (χ4n) is 8.06. The van der Waals surface area contributed by atoms with Gasteiger partial charge in [0.15, 0.2) is 18.2 Å². The maximum absolute atomic E-state index is 11.5. The number of hydrogen-bond acceptors (Lipinski definition) is 7. The molecule has 220 valence electrons. The molecule has 0 radical (unpaired) electrons. The minimum Gasteiger partial charge on any atom is -0.508 e. The predicted molar refractivity (Wildman–Crippen MR) is 158 cm³/mol. The number of phenols is 2. The molecule has 0 amide bonds. The Morgan fingerprint density at radius 1 is 1.00 bits per heavy atom. The lowest BCUT2D eigenvalue weighted by molar-refractivity contribution is -0.901. The Bertz CT molecular complexity index is 1550. The average molecular weight is 572 g/mol. The van der Waals surface area contributed by atoms with Gasteiger partial charge >= 0.3 is 0 Å². The Kier molecular flexibility index (Phi) is 6.71. The van der Waals surface area contributed by atoms with Crippen molar-refractivity contribution in [1.82, 2.24) is 5.32 Å². The van der Waals surface area contributed by atoms with Crippen molar-refractivity contribution >= 4 is 0 Å². The normalized spacial score (nSPS) is 25.1. The van der Waals surface area contributed by atoms with Crippen LogP contribution < -0.4 is 24.4 Å². The van der Waals surface area contributed by atoms with E-state index >= 15 is 0 Å². The molecule has 7 rings (SSSR count). The largest absolute Gasteiger partial charge is 0.508 e. The van der Waals surface area contributed by atoms with E-state index in [0.29, 0.717) is 12.2 Å². The van der Waals surface area contributed by atoms with Gasteiger partial charge in [0, 0.05) is 42.9 Å². The van der Waals surface area contributed by atoms with Gasteiger partial charge in [-0.2, -0.15) is 0 Å². The zero-order chi connectivity index (χ0) is 29.0. The van der Waals surface area contributed by atoms with E-state index in [4.69, 9.17) is 14.2 Å². The molecular formula is C34H39N2O6+. The number of ether oxygens (including phenoxy) is 3. The highest BCUT2D eigenvalue weighted by Crippen LogP contribution is 2.54. The first-order chi connectivity index (χ1) is 20.4. The monoisotopic (exact) mass is 571 g/mol. The van der Waals surface area contributed by atoms with Crippen LogP contribution in [0.4, 0.5) is 0 Å². The Hall–Kier alpha value is -3.88. The van der Waals surface area contributed by atoms with Crippen LogP contribution in [0.3, 0.4) is 0 Å². The van der Waals surface area contributed by atoms with Crippen molar-refractivity contribution in [2.45, 2.75) is 68.6 Å².